The summed E-state index contributed by atoms with van der Waals surface area (Å²) >= 11 is 0. The molecule has 41 heavy (non-hydrogen) atoms. The van der Waals surface area contributed by atoms with Crippen LogP contribution in [-0.4, -0.2) is 0 Å². The van der Waals surface area contributed by atoms with Crippen LogP contribution in [0, 0.1) is 23.7 Å². The van der Waals surface area contributed by atoms with Crippen LogP contribution in [0.15, 0.2) is 121 Å². The Bertz CT molecular complexity index is 1720. The third kappa shape index (κ3) is 3.48. The summed E-state index contributed by atoms with van der Waals surface area (Å²) in [5, 5.41) is 3.91. The van der Waals surface area contributed by atoms with Gasteiger partial charge in [0.15, 0.2) is 0 Å². The number of rotatable bonds is 4. The van der Waals surface area contributed by atoms with E-state index in [0.717, 1.165) is 29.4 Å². The Morgan fingerprint density at radius 1 is 0.463 bits per heavy atom. The lowest BCUT2D eigenvalue weighted by Gasteiger charge is -2.61. The van der Waals surface area contributed by atoms with Gasteiger partial charge < -0.3 is 5.32 Å². The number of benzene rings is 5. The number of hydrogen-bond donors (Lipinski definition) is 1. The van der Waals surface area contributed by atoms with Gasteiger partial charge in [-0.15, -0.1) is 0 Å². The minimum absolute atomic E-state index is 0.169. The standard InChI is InChI=1S/C40H35N/c1-3-9-28(10-4-1)29-15-17-33(18-16-29)41-39-25-38-36(24-35(39)30-11-5-2-6-12-30)34-13-7-8-14-37(34)40(38)31-20-26-19-27(22-31)23-32(40)21-26/h1-18,24-27,31-32,41H,19-23H2. The van der Waals surface area contributed by atoms with Crippen molar-refractivity contribution in [3.8, 4) is 33.4 Å². The van der Waals surface area contributed by atoms with Gasteiger partial charge in [0.25, 0.3) is 0 Å². The second-order valence-electron chi connectivity index (χ2n) is 13.1. The smallest absolute Gasteiger partial charge is 0.0467 e. The molecule has 0 amide bonds. The molecule has 10 rings (SSSR count). The van der Waals surface area contributed by atoms with Crippen LogP contribution in [0.1, 0.15) is 43.2 Å². The highest BCUT2D eigenvalue weighted by Gasteiger charge is 2.61. The van der Waals surface area contributed by atoms with Gasteiger partial charge in [0.1, 0.15) is 0 Å². The van der Waals surface area contributed by atoms with Crippen molar-refractivity contribution in [1.82, 2.24) is 0 Å². The lowest BCUT2D eigenvalue weighted by Crippen LogP contribution is -2.55. The van der Waals surface area contributed by atoms with Gasteiger partial charge in [0.05, 0.1) is 0 Å². The second kappa shape index (κ2) is 8.95. The zero-order valence-electron chi connectivity index (χ0n) is 23.4. The van der Waals surface area contributed by atoms with Crippen molar-refractivity contribution in [2.75, 3.05) is 5.32 Å². The van der Waals surface area contributed by atoms with Gasteiger partial charge >= 0.3 is 0 Å². The minimum atomic E-state index is 0.169. The van der Waals surface area contributed by atoms with E-state index in [2.05, 4.69) is 127 Å². The molecule has 1 nitrogen and oxygen atoms in total. The van der Waals surface area contributed by atoms with Crippen LogP contribution in [0.25, 0.3) is 33.4 Å². The molecule has 0 saturated heterocycles. The SMILES string of the molecule is c1ccc(-c2ccc(Nc3cc4c(cc3-c3ccccc3)-c3ccccc3C43C4CC5CC(C4)CC3C5)cc2)cc1. The fourth-order valence-electron chi connectivity index (χ4n) is 9.69. The fraction of sp³-hybridized carbons (Fsp3) is 0.250. The summed E-state index contributed by atoms with van der Waals surface area (Å²) in [7, 11) is 0. The predicted molar refractivity (Wildman–Crippen MR) is 170 cm³/mol. The van der Waals surface area contributed by atoms with Crippen molar-refractivity contribution in [2.45, 2.75) is 37.5 Å². The molecule has 1 spiro atoms. The van der Waals surface area contributed by atoms with E-state index < -0.39 is 0 Å². The molecule has 4 fully saturated rings. The van der Waals surface area contributed by atoms with Gasteiger partial charge in [-0.2, -0.15) is 0 Å². The third-order valence-corrected chi connectivity index (χ3v) is 11.0. The topological polar surface area (TPSA) is 12.0 Å². The summed E-state index contributed by atoms with van der Waals surface area (Å²) in [6.07, 6.45) is 7.11. The molecule has 0 aliphatic heterocycles. The summed E-state index contributed by atoms with van der Waals surface area (Å²) in [6, 6.07) is 45.1. The minimum Gasteiger partial charge on any atom is -0.355 e. The molecular weight excluding hydrogens is 494 g/mol. The van der Waals surface area contributed by atoms with E-state index in [0.29, 0.717) is 0 Å². The number of nitrogens with one attached hydrogen (secondary N) is 1. The first-order valence-electron chi connectivity index (χ1n) is 15.5. The molecule has 5 aliphatic carbocycles. The van der Waals surface area contributed by atoms with E-state index in [9.17, 15) is 0 Å². The molecule has 5 aromatic rings. The van der Waals surface area contributed by atoms with Crippen molar-refractivity contribution in [1.29, 1.82) is 0 Å². The molecule has 5 aliphatic rings. The van der Waals surface area contributed by atoms with E-state index >= 15 is 0 Å². The molecule has 1 N–H and O–H groups in total. The Kier molecular flexibility index (Phi) is 5.15. The maximum atomic E-state index is 3.91. The second-order valence-corrected chi connectivity index (χ2v) is 13.1. The van der Waals surface area contributed by atoms with E-state index in [1.54, 1.807) is 11.1 Å². The molecule has 5 aromatic carbocycles. The molecule has 200 valence electrons. The van der Waals surface area contributed by atoms with E-state index in [-0.39, 0.29) is 5.41 Å². The molecule has 0 heterocycles. The third-order valence-electron chi connectivity index (χ3n) is 11.0. The summed E-state index contributed by atoms with van der Waals surface area (Å²) in [6.45, 7) is 0. The zero-order valence-corrected chi connectivity index (χ0v) is 23.4. The largest absolute Gasteiger partial charge is 0.355 e. The molecular formula is C40H35N. The molecule has 0 unspecified atom stereocenters. The van der Waals surface area contributed by atoms with Crippen LogP contribution in [-0.2, 0) is 5.41 Å². The van der Waals surface area contributed by atoms with Crippen LogP contribution >= 0.6 is 0 Å². The highest BCUT2D eigenvalue weighted by molar-refractivity contribution is 5.92. The molecule has 4 bridgehead atoms. The molecule has 1 heteroatoms. The maximum absolute atomic E-state index is 3.91. The van der Waals surface area contributed by atoms with Crippen LogP contribution in [0.3, 0.4) is 0 Å². The lowest BCUT2D eigenvalue weighted by atomic mass is 9.43. The molecule has 0 radical (unpaired) electrons. The number of fused-ring (bicyclic) bond motifs is 3. The fourth-order valence-corrected chi connectivity index (χ4v) is 9.69. The number of hydrogen-bond acceptors (Lipinski definition) is 1. The van der Waals surface area contributed by atoms with Crippen LogP contribution < -0.4 is 5.32 Å². The monoisotopic (exact) mass is 529 g/mol. The first-order chi connectivity index (χ1) is 20.3. The summed E-state index contributed by atoms with van der Waals surface area (Å²) < 4.78 is 0. The lowest BCUT2D eigenvalue weighted by molar-refractivity contribution is -0.0399. The average Bonchev–Trinajstić information content (AvgIpc) is 3.30. The Labute approximate surface area is 243 Å². The first kappa shape index (κ1) is 23.6. The maximum Gasteiger partial charge on any atom is 0.0467 e. The van der Waals surface area contributed by atoms with Gasteiger partial charge in [0, 0.05) is 22.4 Å². The van der Waals surface area contributed by atoms with Crippen molar-refractivity contribution < 1.29 is 0 Å². The Hall–Kier alpha value is -4.10. The summed E-state index contributed by atoms with van der Waals surface area (Å²) in [4.78, 5) is 0. The van der Waals surface area contributed by atoms with Crippen LogP contribution in [0.5, 0.6) is 0 Å². The van der Waals surface area contributed by atoms with Crippen molar-refractivity contribution in [2.24, 2.45) is 23.7 Å². The van der Waals surface area contributed by atoms with Gasteiger partial charge in [0.2, 0.25) is 0 Å². The van der Waals surface area contributed by atoms with Gasteiger partial charge in [-0.25, -0.2) is 0 Å². The summed E-state index contributed by atoms with van der Waals surface area (Å²) in [5.41, 5.74) is 13.7. The number of anilines is 2. The average molecular weight is 530 g/mol. The predicted octanol–water partition coefficient (Wildman–Crippen LogP) is 10.5. The van der Waals surface area contributed by atoms with E-state index in [4.69, 9.17) is 0 Å². The van der Waals surface area contributed by atoms with Crippen molar-refractivity contribution in [3.63, 3.8) is 0 Å². The Morgan fingerprint density at radius 3 is 1.73 bits per heavy atom. The highest BCUT2D eigenvalue weighted by Crippen LogP contribution is 2.69. The zero-order chi connectivity index (χ0) is 27.0. The first-order valence-corrected chi connectivity index (χ1v) is 15.5. The Morgan fingerprint density at radius 2 is 1.05 bits per heavy atom. The highest BCUT2D eigenvalue weighted by atomic mass is 14.9. The Balaban J connectivity index is 1.21. The van der Waals surface area contributed by atoms with Gasteiger partial charge in [-0.3, -0.25) is 0 Å². The van der Waals surface area contributed by atoms with Crippen LogP contribution in [0.4, 0.5) is 11.4 Å². The molecule has 0 aromatic heterocycles. The van der Waals surface area contributed by atoms with Gasteiger partial charge in [-0.05, 0) is 119 Å². The van der Waals surface area contributed by atoms with Crippen molar-refractivity contribution in [3.05, 3.63) is 132 Å². The molecule has 0 atom stereocenters. The summed E-state index contributed by atoms with van der Waals surface area (Å²) in [5.74, 6) is 3.43. The van der Waals surface area contributed by atoms with E-state index in [1.807, 2.05) is 0 Å². The molecule has 4 saturated carbocycles. The quantitative estimate of drug-likeness (QED) is 0.244. The van der Waals surface area contributed by atoms with Crippen LogP contribution in [0.2, 0.25) is 0 Å². The van der Waals surface area contributed by atoms with Gasteiger partial charge in [-0.1, -0.05) is 97.1 Å². The van der Waals surface area contributed by atoms with E-state index in [1.165, 1.54) is 71.2 Å². The normalized spacial score (nSPS) is 26.6. The van der Waals surface area contributed by atoms with Crippen molar-refractivity contribution >= 4 is 11.4 Å².